The molecule has 0 aliphatic carbocycles. The number of nitrogen functional groups attached to an aromatic ring is 1. The first-order chi connectivity index (χ1) is 10.8. The third-order valence-electron chi connectivity index (χ3n) is 3.97. The van der Waals surface area contributed by atoms with Crippen molar-refractivity contribution in [1.82, 2.24) is 5.32 Å². The lowest BCUT2D eigenvalue weighted by Gasteiger charge is -2.20. The molecule has 2 aromatic rings. The van der Waals surface area contributed by atoms with Crippen LogP contribution < -0.4 is 11.1 Å². The summed E-state index contributed by atoms with van der Waals surface area (Å²) in [6.07, 6.45) is 0.343. The molecule has 3 nitrogen and oxygen atoms in total. The van der Waals surface area contributed by atoms with Gasteiger partial charge in [-0.25, -0.2) is 0 Å². The third-order valence-corrected chi connectivity index (χ3v) is 3.97. The summed E-state index contributed by atoms with van der Waals surface area (Å²) in [4.78, 5) is 12.2. The minimum atomic E-state index is -0.0161. The summed E-state index contributed by atoms with van der Waals surface area (Å²) < 4.78 is 0. The Morgan fingerprint density at radius 3 is 2.35 bits per heavy atom. The maximum atomic E-state index is 12.2. The number of hydrogen-bond acceptors (Lipinski definition) is 2. The Balaban J connectivity index is 1.98. The summed E-state index contributed by atoms with van der Waals surface area (Å²) >= 11 is 0. The molecule has 0 aliphatic heterocycles. The van der Waals surface area contributed by atoms with E-state index in [9.17, 15) is 4.79 Å². The fraction of sp³-hybridized carbons (Fsp3) is 0.350. The van der Waals surface area contributed by atoms with Crippen molar-refractivity contribution in [2.24, 2.45) is 0 Å². The molecule has 1 amide bonds. The number of rotatable bonds is 4. The molecule has 0 saturated carbocycles. The third kappa shape index (κ3) is 4.85. The standard InChI is InChI=1S/C20H26N2O/c1-14(16-8-10-17(11-9-16)20(2,3)4)22-19(23)13-15-6-5-7-18(21)12-15/h5-12,14H,13,21H2,1-4H3,(H,22,23). The highest BCUT2D eigenvalue weighted by molar-refractivity contribution is 5.79. The van der Waals surface area contributed by atoms with Gasteiger partial charge in [0.2, 0.25) is 5.91 Å². The Morgan fingerprint density at radius 1 is 1.13 bits per heavy atom. The van der Waals surface area contributed by atoms with Crippen LogP contribution in [0.15, 0.2) is 48.5 Å². The Morgan fingerprint density at radius 2 is 1.78 bits per heavy atom. The number of hydrogen-bond donors (Lipinski definition) is 2. The number of amides is 1. The second-order valence-corrected chi connectivity index (χ2v) is 7.08. The molecular formula is C20H26N2O. The largest absolute Gasteiger partial charge is 0.399 e. The van der Waals surface area contributed by atoms with Crippen LogP contribution in [-0.4, -0.2) is 5.91 Å². The average Bonchev–Trinajstić information content (AvgIpc) is 2.46. The average molecular weight is 310 g/mol. The second kappa shape index (κ2) is 6.86. The molecule has 3 heteroatoms. The van der Waals surface area contributed by atoms with Crippen molar-refractivity contribution < 1.29 is 4.79 Å². The molecule has 122 valence electrons. The van der Waals surface area contributed by atoms with E-state index in [0.717, 1.165) is 11.1 Å². The highest BCUT2D eigenvalue weighted by Gasteiger charge is 2.15. The molecule has 23 heavy (non-hydrogen) atoms. The lowest BCUT2D eigenvalue weighted by molar-refractivity contribution is -0.121. The van der Waals surface area contributed by atoms with Crippen LogP contribution >= 0.6 is 0 Å². The molecule has 1 atom stereocenters. The van der Waals surface area contributed by atoms with Gasteiger partial charge in [-0.2, -0.15) is 0 Å². The van der Waals surface area contributed by atoms with Crippen LogP contribution in [0.25, 0.3) is 0 Å². The Labute approximate surface area is 138 Å². The molecule has 0 aliphatic rings. The van der Waals surface area contributed by atoms with Crippen LogP contribution in [0.5, 0.6) is 0 Å². The molecule has 0 bridgehead atoms. The molecule has 0 heterocycles. The van der Waals surface area contributed by atoms with Gasteiger partial charge < -0.3 is 11.1 Å². The van der Waals surface area contributed by atoms with Crippen molar-refractivity contribution in [2.45, 2.75) is 45.6 Å². The van der Waals surface area contributed by atoms with E-state index >= 15 is 0 Å². The van der Waals surface area contributed by atoms with Gasteiger partial charge >= 0.3 is 0 Å². The monoisotopic (exact) mass is 310 g/mol. The van der Waals surface area contributed by atoms with Gasteiger partial charge in [-0.15, -0.1) is 0 Å². The normalized spacial score (nSPS) is 12.7. The van der Waals surface area contributed by atoms with E-state index in [1.54, 1.807) is 0 Å². The molecule has 2 rings (SSSR count). The number of carbonyl (C=O) groups excluding carboxylic acids is 1. The van der Waals surface area contributed by atoms with Crippen LogP contribution in [0.2, 0.25) is 0 Å². The van der Waals surface area contributed by atoms with Gasteiger partial charge in [-0.3, -0.25) is 4.79 Å². The summed E-state index contributed by atoms with van der Waals surface area (Å²) in [5, 5.41) is 3.04. The lowest BCUT2D eigenvalue weighted by atomic mass is 9.86. The zero-order chi connectivity index (χ0) is 17.0. The molecular weight excluding hydrogens is 284 g/mol. The summed E-state index contributed by atoms with van der Waals surface area (Å²) in [7, 11) is 0. The number of nitrogens with two attached hydrogens (primary N) is 1. The quantitative estimate of drug-likeness (QED) is 0.839. The summed E-state index contributed by atoms with van der Waals surface area (Å²) in [6.45, 7) is 8.58. The summed E-state index contributed by atoms with van der Waals surface area (Å²) in [5.74, 6) is 0.00278. The van der Waals surface area contributed by atoms with Gasteiger partial charge in [0.1, 0.15) is 0 Å². The van der Waals surface area contributed by atoms with E-state index in [4.69, 9.17) is 5.73 Å². The molecule has 2 aromatic carbocycles. The van der Waals surface area contributed by atoms with Crippen LogP contribution in [0.1, 0.15) is 50.4 Å². The SMILES string of the molecule is CC(NC(=O)Cc1cccc(N)c1)c1ccc(C(C)(C)C)cc1. The molecule has 3 N–H and O–H groups in total. The minimum Gasteiger partial charge on any atom is -0.399 e. The zero-order valence-electron chi connectivity index (χ0n) is 14.4. The van der Waals surface area contributed by atoms with Crippen LogP contribution in [0, 0.1) is 0 Å². The predicted octanol–water partition coefficient (Wildman–Crippen LogP) is 3.99. The number of nitrogens with one attached hydrogen (secondary N) is 1. The van der Waals surface area contributed by atoms with Gasteiger partial charge in [0.15, 0.2) is 0 Å². The number of carbonyl (C=O) groups is 1. The van der Waals surface area contributed by atoms with Crippen LogP contribution in [0.4, 0.5) is 5.69 Å². The molecule has 0 aromatic heterocycles. The van der Waals surface area contributed by atoms with E-state index in [-0.39, 0.29) is 17.4 Å². The van der Waals surface area contributed by atoms with Crippen LogP contribution in [-0.2, 0) is 16.6 Å². The molecule has 0 saturated heterocycles. The maximum absolute atomic E-state index is 12.2. The number of anilines is 1. The van der Waals surface area contributed by atoms with E-state index in [1.165, 1.54) is 5.56 Å². The van der Waals surface area contributed by atoms with Crippen molar-refractivity contribution in [3.8, 4) is 0 Å². The summed E-state index contributed by atoms with van der Waals surface area (Å²) in [6, 6.07) is 15.9. The highest BCUT2D eigenvalue weighted by Crippen LogP contribution is 2.24. The van der Waals surface area contributed by atoms with Gasteiger partial charge in [-0.05, 0) is 41.2 Å². The first-order valence-electron chi connectivity index (χ1n) is 8.00. The van der Waals surface area contributed by atoms with Gasteiger partial charge in [0, 0.05) is 5.69 Å². The predicted molar refractivity (Wildman–Crippen MR) is 96.3 cm³/mol. The Bertz CT molecular complexity index is 669. The van der Waals surface area contributed by atoms with Gasteiger partial charge in [0.25, 0.3) is 0 Å². The van der Waals surface area contributed by atoms with Crippen LogP contribution in [0.3, 0.4) is 0 Å². The fourth-order valence-electron chi connectivity index (χ4n) is 2.54. The molecule has 0 fully saturated rings. The second-order valence-electron chi connectivity index (χ2n) is 7.08. The van der Waals surface area contributed by atoms with E-state index < -0.39 is 0 Å². The van der Waals surface area contributed by atoms with Crippen molar-refractivity contribution in [3.63, 3.8) is 0 Å². The topological polar surface area (TPSA) is 55.1 Å². The Kier molecular flexibility index (Phi) is 5.09. The van der Waals surface area contributed by atoms with E-state index in [1.807, 2.05) is 31.2 Å². The number of benzene rings is 2. The smallest absolute Gasteiger partial charge is 0.224 e. The van der Waals surface area contributed by atoms with Crippen molar-refractivity contribution in [2.75, 3.05) is 5.73 Å². The van der Waals surface area contributed by atoms with Crippen molar-refractivity contribution in [3.05, 3.63) is 65.2 Å². The zero-order valence-corrected chi connectivity index (χ0v) is 14.4. The lowest BCUT2D eigenvalue weighted by Crippen LogP contribution is -2.28. The minimum absolute atomic E-state index is 0.00278. The molecule has 0 radical (unpaired) electrons. The van der Waals surface area contributed by atoms with Crippen molar-refractivity contribution in [1.29, 1.82) is 0 Å². The van der Waals surface area contributed by atoms with E-state index in [0.29, 0.717) is 12.1 Å². The Hall–Kier alpha value is -2.29. The first kappa shape index (κ1) is 17.1. The van der Waals surface area contributed by atoms with Crippen molar-refractivity contribution >= 4 is 11.6 Å². The molecule has 0 spiro atoms. The maximum Gasteiger partial charge on any atom is 0.224 e. The summed E-state index contributed by atoms with van der Waals surface area (Å²) in [5.41, 5.74) is 9.89. The van der Waals surface area contributed by atoms with Gasteiger partial charge in [-0.1, -0.05) is 57.2 Å². The van der Waals surface area contributed by atoms with E-state index in [2.05, 4.69) is 50.4 Å². The first-order valence-corrected chi connectivity index (χ1v) is 8.00. The fourth-order valence-corrected chi connectivity index (χ4v) is 2.54. The highest BCUT2D eigenvalue weighted by atomic mass is 16.1. The van der Waals surface area contributed by atoms with Gasteiger partial charge in [0.05, 0.1) is 12.5 Å². The molecule has 1 unspecified atom stereocenters.